The fourth-order valence-electron chi connectivity index (χ4n) is 1.76. The second-order valence-corrected chi connectivity index (χ2v) is 4.59. The number of hydrogen-bond donors (Lipinski definition) is 1. The lowest BCUT2D eigenvalue weighted by atomic mass is 10.0. The Morgan fingerprint density at radius 3 is 2.61 bits per heavy atom. The van der Waals surface area contributed by atoms with Gasteiger partial charge in [0.05, 0.1) is 0 Å². The normalized spacial score (nSPS) is 11.7. The number of aliphatic carboxylic acids is 1. The first-order valence-corrected chi connectivity index (χ1v) is 5.39. The molecule has 0 unspecified atom stereocenters. The molecule has 0 aliphatic rings. The summed E-state index contributed by atoms with van der Waals surface area (Å²) in [5.41, 5.74) is -1.79. The number of benzene rings is 1. The molecule has 0 spiro atoms. The summed E-state index contributed by atoms with van der Waals surface area (Å²) >= 11 is 0. The molecule has 0 atom stereocenters. The Labute approximate surface area is 102 Å². The van der Waals surface area contributed by atoms with E-state index in [-0.39, 0.29) is 0 Å². The molecule has 0 aliphatic heterocycles. The van der Waals surface area contributed by atoms with Crippen LogP contribution < -0.4 is 5.56 Å². The quantitative estimate of drug-likeness (QED) is 0.885. The molecule has 1 N–H and O–H groups in total. The lowest BCUT2D eigenvalue weighted by Gasteiger charge is -2.22. The van der Waals surface area contributed by atoms with Gasteiger partial charge in [-0.2, -0.15) is 0 Å². The highest BCUT2D eigenvalue weighted by molar-refractivity contribution is 5.82. The first kappa shape index (κ1) is 12.3. The number of halogens is 1. The van der Waals surface area contributed by atoms with Gasteiger partial charge in [-0.25, -0.2) is 9.18 Å². The van der Waals surface area contributed by atoms with Gasteiger partial charge in [0.25, 0.3) is 5.56 Å². The van der Waals surface area contributed by atoms with E-state index in [1.807, 2.05) is 0 Å². The van der Waals surface area contributed by atoms with E-state index in [1.165, 1.54) is 44.3 Å². The Balaban J connectivity index is 2.77. The van der Waals surface area contributed by atoms with Crippen LogP contribution in [0.15, 0.2) is 35.3 Å². The summed E-state index contributed by atoms with van der Waals surface area (Å²) in [4.78, 5) is 23.3. The second kappa shape index (κ2) is 3.94. The molecule has 18 heavy (non-hydrogen) atoms. The molecule has 1 heterocycles. The third kappa shape index (κ3) is 1.77. The van der Waals surface area contributed by atoms with E-state index in [1.54, 1.807) is 0 Å². The zero-order valence-electron chi connectivity index (χ0n) is 9.98. The number of hydrogen-bond acceptors (Lipinski definition) is 2. The van der Waals surface area contributed by atoms with Gasteiger partial charge in [0.15, 0.2) is 0 Å². The average molecular weight is 249 g/mol. The van der Waals surface area contributed by atoms with Crippen molar-refractivity contribution in [2.75, 3.05) is 0 Å². The molecule has 1 aromatic heterocycles. The third-order valence-corrected chi connectivity index (χ3v) is 2.99. The van der Waals surface area contributed by atoms with Gasteiger partial charge >= 0.3 is 5.97 Å². The minimum absolute atomic E-state index is 0.299. The summed E-state index contributed by atoms with van der Waals surface area (Å²) < 4.78 is 14.2. The van der Waals surface area contributed by atoms with Crippen molar-refractivity contribution in [2.24, 2.45) is 0 Å². The fourth-order valence-corrected chi connectivity index (χ4v) is 1.76. The Kier molecular flexibility index (Phi) is 2.69. The van der Waals surface area contributed by atoms with Crippen LogP contribution in [-0.2, 0) is 10.3 Å². The topological polar surface area (TPSA) is 59.3 Å². The van der Waals surface area contributed by atoms with Crippen LogP contribution >= 0.6 is 0 Å². The number of carboxylic acids is 1. The fraction of sp³-hybridized carbons (Fsp3) is 0.231. The number of carbonyl (C=O) groups is 1. The summed E-state index contributed by atoms with van der Waals surface area (Å²) in [6, 6.07) is 5.32. The van der Waals surface area contributed by atoms with E-state index in [0.29, 0.717) is 10.8 Å². The first-order valence-electron chi connectivity index (χ1n) is 5.39. The summed E-state index contributed by atoms with van der Waals surface area (Å²) in [5.74, 6) is -1.54. The Bertz CT molecular complexity index is 688. The van der Waals surface area contributed by atoms with Crippen LogP contribution in [0.4, 0.5) is 4.39 Å². The van der Waals surface area contributed by atoms with Crippen LogP contribution in [0, 0.1) is 5.82 Å². The maximum atomic E-state index is 13.0. The van der Waals surface area contributed by atoms with Crippen LogP contribution in [0.2, 0.25) is 0 Å². The maximum absolute atomic E-state index is 13.0. The van der Waals surface area contributed by atoms with Crippen LogP contribution in [0.5, 0.6) is 0 Å². The van der Waals surface area contributed by atoms with Crippen LogP contribution in [-0.4, -0.2) is 15.6 Å². The smallest absolute Gasteiger partial charge is 0.329 e. The Hall–Kier alpha value is -2.17. The van der Waals surface area contributed by atoms with Crippen molar-refractivity contribution in [1.82, 2.24) is 4.57 Å². The summed E-state index contributed by atoms with van der Waals surface area (Å²) in [6.45, 7) is 2.87. The van der Waals surface area contributed by atoms with E-state index < -0.39 is 22.9 Å². The lowest BCUT2D eigenvalue weighted by molar-refractivity contribution is -0.145. The molecular formula is C13H12FNO3. The molecule has 0 bridgehead atoms. The van der Waals surface area contributed by atoms with Gasteiger partial charge in [-0.1, -0.05) is 0 Å². The SMILES string of the molecule is CC(C)(C(=O)O)n1ccc2cc(F)ccc2c1=O. The van der Waals surface area contributed by atoms with E-state index in [9.17, 15) is 14.0 Å². The van der Waals surface area contributed by atoms with E-state index in [2.05, 4.69) is 0 Å². The van der Waals surface area contributed by atoms with Crippen molar-refractivity contribution in [3.63, 3.8) is 0 Å². The zero-order chi connectivity index (χ0) is 13.5. The van der Waals surface area contributed by atoms with Crippen LogP contribution in [0.25, 0.3) is 10.8 Å². The predicted molar refractivity (Wildman–Crippen MR) is 65.1 cm³/mol. The highest BCUT2D eigenvalue weighted by Crippen LogP contribution is 2.17. The summed E-state index contributed by atoms with van der Waals surface area (Å²) in [5, 5.41) is 9.87. The van der Waals surface area contributed by atoms with E-state index in [4.69, 9.17) is 5.11 Å². The number of pyridine rings is 1. The van der Waals surface area contributed by atoms with Crippen molar-refractivity contribution < 1.29 is 14.3 Å². The standard InChI is InChI=1S/C13H12FNO3/c1-13(2,12(17)18)15-6-5-8-7-9(14)3-4-10(8)11(15)16/h3-7H,1-2H3,(H,17,18). The minimum atomic E-state index is -1.35. The highest BCUT2D eigenvalue weighted by Gasteiger charge is 2.30. The molecule has 5 heteroatoms. The van der Waals surface area contributed by atoms with Crippen LogP contribution in [0.3, 0.4) is 0 Å². The number of rotatable bonds is 2. The largest absolute Gasteiger partial charge is 0.480 e. The van der Waals surface area contributed by atoms with Gasteiger partial charge < -0.3 is 5.11 Å². The van der Waals surface area contributed by atoms with E-state index in [0.717, 1.165) is 4.57 Å². The summed E-state index contributed by atoms with van der Waals surface area (Å²) in [6.07, 6.45) is 1.37. The Morgan fingerprint density at radius 1 is 1.33 bits per heavy atom. The van der Waals surface area contributed by atoms with E-state index >= 15 is 0 Å². The van der Waals surface area contributed by atoms with Gasteiger partial charge in [-0.3, -0.25) is 9.36 Å². The second-order valence-electron chi connectivity index (χ2n) is 4.59. The molecule has 94 valence electrons. The van der Waals surface area contributed by atoms with Gasteiger partial charge in [-0.05, 0) is 43.5 Å². The Morgan fingerprint density at radius 2 is 2.00 bits per heavy atom. The number of fused-ring (bicyclic) bond motifs is 1. The maximum Gasteiger partial charge on any atom is 0.329 e. The van der Waals surface area contributed by atoms with Crippen molar-refractivity contribution in [3.05, 3.63) is 46.6 Å². The molecule has 2 rings (SSSR count). The third-order valence-electron chi connectivity index (χ3n) is 2.99. The number of aromatic nitrogens is 1. The number of nitrogens with zero attached hydrogens (tertiary/aromatic N) is 1. The molecule has 0 saturated carbocycles. The molecule has 0 aliphatic carbocycles. The lowest BCUT2D eigenvalue weighted by Crippen LogP contribution is -2.42. The molecule has 0 radical (unpaired) electrons. The van der Waals surface area contributed by atoms with Crippen molar-refractivity contribution >= 4 is 16.7 Å². The molecule has 1 aromatic carbocycles. The predicted octanol–water partition coefficient (Wildman–Crippen LogP) is 1.96. The van der Waals surface area contributed by atoms with Crippen molar-refractivity contribution in [3.8, 4) is 0 Å². The van der Waals surface area contributed by atoms with Crippen molar-refractivity contribution in [1.29, 1.82) is 0 Å². The first-order chi connectivity index (χ1) is 8.34. The highest BCUT2D eigenvalue weighted by atomic mass is 19.1. The van der Waals surface area contributed by atoms with Gasteiger partial charge in [0, 0.05) is 11.6 Å². The summed E-state index contributed by atoms with van der Waals surface area (Å²) in [7, 11) is 0. The van der Waals surface area contributed by atoms with Gasteiger partial charge in [0.2, 0.25) is 0 Å². The number of carboxylic acid groups (broad SMARTS) is 1. The molecule has 0 amide bonds. The molecule has 0 saturated heterocycles. The van der Waals surface area contributed by atoms with Crippen molar-refractivity contribution in [2.45, 2.75) is 19.4 Å². The van der Waals surface area contributed by atoms with Gasteiger partial charge in [0.1, 0.15) is 11.4 Å². The van der Waals surface area contributed by atoms with Crippen LogP contribution in [0.1, 0.15) is 13.8 Å². The molecule has 4 nitrogen and oxygen atoms in total. The minimum Gasteiger partial charge on any atom is -0.480 e. The average Bonchev–Trinajstić information content (AvgIpc) is 2.28. The molecule has 2 aromatic rings. The van der Waals surface area contributed by atoms with Gasteiger partial charge in [-0.15, -0.1) is 0 Å². The monoisotopic (exact) mass is 249 g/mol. The molecular weight excluding hydrogens is 237 g/mol. The molecule has 0 fully saturated rings. The zero-order valence-corrected chi connectivity index (χ0v) is 9.98.